The number of nitrogens with one attached hydrogen (secondary N) is 4. The summed E-state index contributed by atoms with van der Waals surface area (Å²) < 4.78 is 0. The topological polar surface area (TPSA) is 157 Å². The highest BCUT2D eigenvalue weighted by atomic mass is 16.4. The smallest absolute Gasteiger partial charge is 0.322 e. The van der Waals surface area contributed by atoms with Gasteiger partial charge in [0.15, 0.2) is 0 Å². The van der Waals surface area contributed by atoms with Crippen LogP contribution >= 0.6 is 0 Å². The van der Waals surface area contributed by atoms with Crippen LogP contribution in [-0.4, -0.2) is 71.2 Å². The second-order valence-corrected chi connectivity index (χ2v) is 5.72. The molecule has 4 atom stereocenters. The maximum absolute atomic E-state index is 12.2. The Bertz CT molecular complexity index is 490. The summed E-state index contributed by atoms with van der Waals surface area (Å²) >= 11 is 0. The summed E-state index contributed by atoms with van der Waals surface area (Å²) in [6, 6.07) is -2.63. The van der Waals surface area contributed by atoms with Crippen LogP contribution in [0.5, 0.6) is 0 Å². The molecule has 0 bridgehead atoms. The number of rotatable bonds is 8. The van der Waals surface area contributed by atoms with Gasteiger partial charge in [0.1, 0.15) is 18.6 Å². The van der Waals surface area contributed by atoms with Gasteiger partial charge < -0.3 is 31.5 Å². The summed E-state index contributed by atoms with van der Waals surface area (Å²) in [5.41, 5.74) is 0. The van der Waals surface area contributed by atoms with Crippen molar-refractivity contribution >= 4 is 23.7 Å². The van der Waals surface area contributed by atoms with Crippen LogP contribution in [0.4, 0.5) is 0 Å². The molecule has 1 rings (SSSR count). The van der Waals surface area contributed by atoms with Crippen molar-refractivity contribution in [3.63, 3.8) is 0 Å². The lowest BCUT2D eigenvalue weighted by molar-refractivity contribution is -0.138. The summed E-state index contributed by atoms with van der Waals surface area (Å²) in [4.78, 5) is 46.3. The Kier molecular flexibility index (Phi) is 7.59. The molecular weight excluding hydrogens is 320 g/mol. The summed E-state index contributed by atoms with van der Waals surface area (Å²) in [6.07, 6.45) is 0.336. The number of aliphatic carboxylic acids is 1. The van der Waals surface area contributed by atoms with E-state index in [4.69, 9.17) is 5.11 Å². The van der Waals surface area contributed by atoms with Crippen LogP contribution in [0.15, 0.2) is 0 Å². The minimum absolute atomic E-state index is 0.392. The molecule has 1 aliphatic rings. The maximum Gasteiger partial charge on any atom is 0.322 e. The molecule has 0 aromatic heterocycles. The van der Waals surface area contributed by atoms with Crippen LogP contribution < -0.4 is 21.3 Å². The van der Waals surface area contributed by atoms with Gasteiger partial charge in [0.05, 0.1) is 12.1 Å². The molecule has 1 heterocycles. The van der Waals surface area contributed by atoms with E-state index < -0.39 is 54.5 Å². The summed E-state index contributed by atoms with van der Waals surface area (Å²) in [5.74, 6) is -3.01. The standard InChI is InChI=1S/C14H24N4O6/c1-7(12(22)16-6-10(20)21)17-14(24)11(8(2)19)18-13(23)9-4-3-5-15-9/h7-9,11,15,19H,3-6H2,1-2H3,(H,16,22)(H,17,24)(H,18,23)(H,20,21). The summed E-state index contributed by atoms with van der Waals surface area (Å²) in [7, 11) is 0. The van der Waals surface area contributed by atoms with E-state index in [9.17, 15) is 24.3 Å². The second-order valence-electron chi connectivity index (χ2n) is 5.72. The third-order valence-corrected chi connectivity index (χ3v) is 3.61. The normalized spacial score (nSPS) is 20.5. The van der Waals surface area contributed by atoms with E-state index in [2.05, 4.69) is 21.3 Å². The molecule has 10 nitrogen and oxygen atoms in total. The van der Waals surface area contributed by atoms with Gasteiger partial charge in [0.25, 0.3) is 0 Å². The summed E-state index contributed by atoms with van der Waals surface area (Å²) in [5, 5.41) is 28.1. The van der Waals surface area contributed by atoms with E-state index in [0.717, 1.165) is 6.42 Å². The predicted molar refractivity (Wildman–Crippen MR) is 82.9 cm³/mol. The van der Waals surface area contributed by atoms with Gasteiger partial charge in [0, 0.05) is 0 Å². The highest BCUT2D eigenvalue weighted by molar-refractivity contribution is 5.93. The number of carboxylic acid groups (broad SMARTS) is 1. The van der Waals surface area contributed by atoms with Crippen molar-refractivity contribution in [2.24, 2.45) is 0 Å². The molecule has 136 valence electrons. The average Bonchev–Trinajstić information content (AvgIpc) is 3.03. The molecule has 3 amide bonds. The third kappa shape index (κ3) is 6.13. The Balaban J connectivity index is 2.57. The van der Waals surface area contributed by atoms with Crippen molar-refractivity contribution in [2.45, 2.75) is 50.9 Å². The first kappa shape index (κ1) is 19.8. The molecule has 0 spiro atoms. The zero-order valence-electron chi connectivity index (χ0n) is 13.7. The molecular formula is C14H24N4O6. The molecule has 0 radical (unpaired) electrons. The minimum Gasteiger partial charge on any atom is -0.480 e. The van der Waals surface area contributed by atoms with Crippen molar-refractivity contribution in [3.8, 4) is 0 Å². The first-order valence-electron chi connectivity index (χ1n) is 7.74. The van der Waals surface area contributed by atoms with E-state index in [-0.39, 0.29) is 0 Å². The third-order valence-electron chi connectivity index (χ3n) is 3.61. The van der Waals surface area contributed by atoms with E-state index in [0.29, 0.717) is 13.0 Å². The first-order valence-corrected chi connectivity index (χ1v) is 7.74. The molecule has 10 heteroatoms. The second kappa shape index (κ2) is 9.18. The Morgan fingerprint density at radius 3 is 2.33 bits per heavy atom. The number of carbonyl (C=O) groups is 4. The molecule has 0 saturated carbocycles. The number of amides is 3. The molecule has 1 fully saturated rings. The number of carboxylic acids is 1. The fourth-order valence-corrected chi connectivity index (χ4v) is 2.25. The average molecular weight is 344 g/mol. The lowest BCUT2D eigenvalue weighted by Gasteiger charge is -2.24. The number of hydrogen-bond donors (Lipinski definition) is 6. The van der Waals surface area contributed by atoms with Gasteiger partial charge in [-0.1, -0.05) is 0 Å². The van der Waals surface area contributed by atoms with Gasteiger partial charge in [-0.3, -0.25) is 19.2 Å². The number of carbonyl (C=O) groups excluding carboxylic acids is 3. The maximum atomic E-state index is 12.2. The zero-order chi connectivity index (χ0) is 18.3. The van der Waals surface area contributed by atoms with Crippen LogP contribution in [0, 0.1) is 0 Å². The van der Waals surface area contributed by atoms with Crippen LogP contribution in [0.2, 0.25) is 0 Å². The Morgan fingerprint density at radius 2 is 1.83 bits per heavy atom. The van der Waals surface area contributed by atoms with E-state index in [1.807, 2.05) is 0 Å². The van der Waals surface area contributed by atoms with Crippen molar-refractivity contribution in [3.05, 3.63) is 0 Å². The SMILES string of the molecule is CC(NC(=O)C(NC(=O)C1CCCN1)C(C)O)C(=O)NCC(=O)O. The fourth-order valence-electron chi connectivity index (χ4n) is 2.25. The van der Waals surface area contributed by atoms with E-state index in [1.54, 1.807) is 0 Å². The zero-order valence-corrected chi connectivity index (χ0v) is 13.7. The lowest BCUT2D eigenvalue weighted by atomic mass is 10.1. The molecule has 0 aromatic carbocycles. The number of aliphatic hydroxyl groups excluding tert-OH is 1. The number of hydrogen-bond acceptors (Lipinski definition) is 6. The molecule has 1 saturated heterocycles. The van der Waals surface area contributed by atoms with Crippen molar-refractivity contribution in [2.75, 3.05) is 13.1 Å². The first-order chi connectivity index (χ1) is 11.2. The van der Waals surface area contributed by atoms with E-state index >= 15 is 0 Å². The molecule has 0 aliphatic carbocycles. The Morgan fingerprint density at radius 1 is 1.17 bits per heavy atom. The minimum atomic E-state index is -1.21. The molecule has 1 aliphatic heterocycles. The van der Waals surface area contributed by atoms with Gasteiger partial charge in [-0.05, 0) is 33.2 Å². The van der Waals surface area contributed by atoms with Crippen molar-refractivity contribution in [1.29, 1.82) is 0 Å². The lowest BCUT2D eigenvalue weighted by Crippen LogP contribution is -2.58. The fraction of sp³-hybridized carbons (Fsp3) is 0.714. The molecule has 6 N–H and O–H groups in total. The highest BCUT2D eigenvalue weighted by Crippen LogP contribution is 2.06. The van der Waals surface area contributed by atoms with Gasteiger partial charge in [-0.15, -0.1) is 0 Å². The predicted octanol–water partition coefficient (Wildman–Crippen LogP) is -2.69. The monoisotopic (exact) mass is 344 g/mol. The Labute approximate surface area is 139 Å². The molecule has 0 aromatic rings. The van der Waals surface area contributed by atoms with Crippen LogP contribution in [0.25, 0.3) is 0 Å². The van der Waals surface area contributed by atoms with Gasteiger partial charge >= 0.3 is 5.97 Å². The quantitative estimate of drug-likeness (QED) is 0.280. The van der Waals surface area contributed by atoms with Crippen molar-refractivity contribution in [1.82, 2.24) is 21.3 Å². The highest BCUT2D eigenvalue weighted by Gasteiger charge is 2.31. The largest absolute Gasteiger partial charge is 0.480 e. The van der Waals surface area contributed by atoms with Gasteiger partial charge in [-0.2, -0.15) is 0 Å². The van der Waals surface area contributed by atoms with E-state index in [1.165, 1.54) is 13.8 Å². The summed E-state index contributed by atoms with van der Waals surface area (Å²) in [6.45, 7) is 2.86. The number of aliphatic hydroxyl groups is 1. The molecule has 4 unspecified atom stereocenters. The Hall–Kier alpha value is -2.20. The molecule has 24 heavy (non-hydrogen) atoms. The van der Waals surface area contributed by atoms with Crippen LogP contribution in [0.1, 0.15) is 26.7 Å². The van der Waals surface area contributed by atoms with Crippen LogP contribution in [-0.2, 0) is 19.2 Å². The van der Waals surface area contributed by atoms with Gasteiger partial charge in [-0.25, -0.2) is 0 Å². The van der Waals surface area contributed by atoms with Crippen molar-refractivity contribution < 1.29 is 29.4 Å². The van der Waals surface area contributed by atoms with Crippen LogP contribution in [0.3, 0.4) is 0 Å². The van der Waals surface area contributed by atoms with Gasteiger partial charge in [0.2, 0.25) is 17.7 Å².